The Morgan fingerprint density at radius 1 is 1.29 bits per heavy atom. The molecule has 0 bridgehead atoms. The molecule has 1 unspecified atom stereocenters. The third kappa shape index (κ3) is 2.45. The van der Waals surface area contributed by atoms with Crippen LogP contribution in [0.25, 0.3) is 0 Å². The van der Waals surface area contributed by atoms with Crippen LogP contribution in [0.1, 0.15) is 24.8 Å². The van der Waals surface area contributed by atoms with Gasteiger partial charge in [0.1, 0.15) is 6.07 Å². The third-order valence-electron chi connectivity index (χ3n) is 4.22. The second-order valence-corrected chi connectivity index (χ2v) is 5.58. The smallest absolute Gasteiger partial charge is 0.228 e. The number of nitrogens with zero attached hydrogens (tertiary/aromatic N) is 3. The van der Waals surface area contributed by atoms with Gasteiger partial charge in [0.25, 0.3) is 0 Å². The van der Waals surface area contributed by atoms with Gasteiger partial charge < -0.3 is 9.80 Å². The molecule has 4 nitrogen and oxygen atoms in total. The molecule has 0 aromatic heterocycles. The molecule has 106 valence electrons. The summed E-state index contributed by atoms with van der Waals surface area (Å²) in [6.07, 6.45) is 8.14. The van der Waals surface area contributed by atoms with Crippen molar-refractivity contribution in [3.63, 3.8) is 0 Å². The lowest BCUT2D eigenvalue weighted by molar-refractivity contribution is -0.117. The maximum absolute atomic E-state index is 12.0. The average Bonchev–Trinajstić information content (AvgIpc) is 3.16. The number of benzene rings is 1. The number of nitriles is 1. The summed E-state index contributed by atoms with van der Waals surface area (Å²) in [6.45, 7) is 2.54. The molecule has 0 spiro atoms. The number of anilines is 2. The summed E-state index contributed by atoms with van der Waals surface area (Å²) in [5, 5.41) is 9.40. The topological polar surface area (TPSA) is 47.3 Å². The third-order valence-corrected chi connectivity index (χ3v) is 4.22. The van der Waals surface area contributed by atoms with Crippen LogP contribution in [0.5, 0.6) is 0 Å². The van der Waals surface area contributed by atoms with E-state index < -0.39 is 0 Å². The first-order valence-electron chi connectivity index (χ1n) is 7.28. The van der Waals surface area contributed by atoms with Crippen molar-refractivity contribution >= 4 is 17.3 Å². The molecular formula is C17H17N3O. The number of hydrogen-bond acceptors (Lipinski definition) is 3. The average molecular weight is 279 g/mol. The second-order valence-electron chi connectivity index (χ2n) is 5.58. The Balaban J connectivity index is 1.90. The van der Waals surface area contributed by atoms with Crippen molar-refractivity contribution in [1.29, 1.82) is 5.26 Å². The fraction of sp³-hybridized carbons (Fsp3) is 0.412. The number of carbonyl (C=O) groups excluding carboxylic acids is 1. The van der Waals surface area contributed by atoms with Crippen LogP contribution in [-0.2, 0) is 4.79 Å². The van der Waals surface area contributed by atoms with Crippen LogP contribution in [-0.4, -0.2) is 25.5 Å². The van der Waals surface area contributed by atoms with Gasteiger partial charge >= 0.3 is 0 Å². The lowest BCUT2D eigenvalue weighted by Crippen LogP contribution is -2.25. The molecule has 1 aromatic rings. The van der Waals surface area contributed by atoms with Crippen LogP contribution >= 0.6 is 0 Å². The molecule has 0 saturated carbocycles. The molecule has 4 heteroatoms. The monoisotopic (exact) mass is 279 g/mol. The Morgan fingerprint density at radius 3 is 2.67 bits per heavy atom. The van der Waals surface area contributed by atoms with E-state index in [9.17, 15) is 10.1 Å². The second kappa shape index (κ2) is 5.50. The van der Waals surface area contributed by atoms with Gasteiger partial charge in [-0.25, -0.2) is 0 Å². The number of carbonyl (C=O) groups is 1. The zero-order chi connectivity index (χ0) is 14.8. The maximum Gasteiger partial charge on any atom is 0.228 e. The van der Waals surface area contributed by atoms with Crippen LogP contribution < -0.4 is 9.80 Å². The minimum atomic E-state index is -0.0266. The van der Waals surface area contributed by atoms with Gasteiger partial charge in [-0.3, -0.25) is 4.79 Å². The molecule has 1 atom stereocenters. The molecular weight excluding hydrogens is 262 g/mol. The number of rotatable bonds is 2. The van der Waals surface area contributed by atoms with Gasteiger partial charge in [0, 0.05) is 37.7 Å². The molecule has 1 amide bonds. The molecule has 2 aliphatic rings. The largest absolute Gasteiger partial charge is 0.370 e. The van der Waals surface area contributed by atoms with E-state index >= 15 is 0 Å². The van der Waals surface area contributed by atoms with Gasteiger partial charge in [-0.1, -0.05) is 0 Å². The van der Waals surface area contributed by atoms with Crippen molar-refractivity contribution in [3.8, 4) is 18.4 Å². The minimum absolute atomic E-state index is 0.0266. The standard InChI is InChI=1S/C17H17N3O/c1-2-13-9-17(21)20(12-13)15-5-6-16(14(10-15)11-18)19-7-3-4-8-19/h1,5-6,10,13H,3-4,7-9,12H2. The lowest BCUT2D eigenvalue weighted by Gasteiger charge is -2.22. The summed E-state index contributed by atoms with van der Waals surface area (Å²) in [6, 6.07) is 7.94. The highest BCUT2D eigenvalue weighted by Gasteiger charge is 2.30. The summed E-state index contributed by atoms with van der Waals surface area (Å²) in [5.41, 5.74) is 2.38. The van der Waals surface area contributed by atoms with Crippen molar-refractivity contribution in [2.24, 2.45) is 5.92 Å². The molecule has 0 aliphatic carbocycles. The zero-order valence-electron chi connectivity index (χ0n) is 11.9. The van der Waals surface area contributed by atoms with E-state index in [0.717, 1.165) is 24.5 Å². The quantitative estimate of drug-likeness (QED) is 0.779. The number of hydrogen-bond donors (Lipinski definition) is 0. The van der Waals surface area contributed by atoms with Crippen LogP contribution in [0.15, 0.2) is 18.2 Å². The molecule has 0 radical (unpaired) electrons. The Bertz CT molecular complexity index is 647. The Hall–Kier alpha value is -2.46. The maximum atomic E-state index is 12.0. The number of amides is 1. The molecule has 2 fully saturated rings. The van der Waals surface area contributed by atoms with E-state index in [2.05, 4.69) is 16.9 Å². The van der Waals surface area contributed by atoms with Crippen molar-refractivity contribution < 1.29 is 4.79 Å². The molecule has 2 saturated heterocycles. The fourth-order valence-corrected chi connectivity index (χ4v) is 3.08. The summed E-state index contributed by atoms with van der Waals surface area (Å²) < 4.78 is 0. The van der Waals surface area contributed by atoms with Crippen LogP contribution in [0.4, 0.5) is 11.4 Å². The SMILES string of the molecule is C#CC1CC(=O)N(c2ccc(N3CCCC3)c(C#N)c2)C1. The summed E-state index contributed by atoms with van der Waals surface area (Å²) in [5.74, 6) is 2.65. The molecule has 2 aliphatic heterocycles. The summed E-state index contributed by atoms with van der Waals surface area (Å²) >= 11 is 0. The first kappa shape index (κ1) is 13.5. The normalized spacial score (nSPS) is 21.4. The Kier molecular flexibility index (Phi) is 3.54. The van der Waals surface area contributed by atoms with Crippen molar-refractivity contribution in [3.05, 3.63) is 23.8 Å². The van der Waals surface area contributed by atoms with Crippen molar-refractivity contribution in [2.45, 2.75) is 19.3 Å². The van der Waals surface area contributed by atoms with Crippen LogP contribution in [0.3, 0.4) is 0 Å². The highest BCUT2D eigenvalue weighted by atomic mass is 16.2. The molecule has 21 heavy (non-hydrogen) atoms. The van der Waals surface area contributed by atoms with E-state index in [1.165, 1.54) is 12.8 Å². The predicted octanol–water partition coefficient (Wildman–Crippen LogP) is 2.14. The van der Waals surface area contributed by atoms with Gasteiger partial charge in [-0.05, 0) is 31.0 Å². The predicted molar refractivity (Wildman–Crippen MR) is 81.9 cm³/mol. The van der Waals surface area contributed by atoms with E-state index in [-0.39, 0.29) is 11.8 Å². The highest BCUT2D eigenvalue weighted by molar-refractivity contribution is 5.96. The van der Waals surface area contributed by atoms with E-state index in [1.807, 2.05) is 18.2 Å². The molecule has 3 rings (SSSR count). The van der Waals surface area contributed by atoms with Gasteiger partial charge in [-0.2, -0.15) is 5.26 Å². The minimum Gasteiger partial charge on any atom is -0.370 e. The van der Waals surface area contributed by atoms with Crippen LogP contribution in [0.2, 0.25) is 0 Å². The van der Waals surface area contributed by atoms with E-state index in [1.54, 1.807) is 4.90 Å². The van der Waals surface area contributed by atoms with Gasteiger partial charge in [0.05, 0.1) is 11.3 Å². The summed E-state index contributed by atoms with van der Waals surface area (Å²) in [4.78, 5) is 15.9. The molecule has 2 heterocycles. The number of terminal acetylenes is 1. The van der Waals surface area contributed by atoms with E-state index in [0.29, 0.717) is 18.5 Å². The summed E-state index contributed by atoms with van der Waals surface area (Å²) in [7, 11) is 0. The highest BCUT2D eigenvalue weighted by Crippen LogP contribution is 2.31. The van der Waals surface area contributed by atoms with Crippen LogP contribution in [0, 0.1) is 29.6 Å². The lowest BCUT2D eigenvalue weighted by atomic mass is 10.1. The Labute approximate surface area is 125 Å². The van der Waals surface area contributed by atoms with Crippen molar-refractivity contribution in [2.75, 3.05) is 29.4 Å². The van der Waals surface area contributed by atoms with Crippen molar-refractivity contribution in [1.82, 2.24) is 0 Å². The first-order valence-corrected chi connectivity index (χ1v) is 7.28. The Morgan fingerprint density at radius 2 is 2.05 bits per heavy atom. The van der Waals surface area contributed by atoms with E-state index in [4.69, 9.17) is 6.42 Å². The fourth-order valence-electron chi connectivity index (χ4n) is 3.08. The van der Waals surface area contributed by atoms with Gasteiger partial charge in [0.15, 0.2) is 0 Å². The zero-order valence-corrected chi connectivity index (χ0v) is 11.9. The van der Waals surface area contributed by atoms with Gasteiger partial charge in [-0.15, -0.1) is 12.3 Å². The molecule has 0 N–H and O–H groups in total. The van der Waals surface area contributed by atoms with Gasteiger partial charge in [0.2, 0.25) is 5.91 Å². The molecule has 1 aromatic carbocycles. The first-order chi connectivity index (χ1) is 10.2.